The van der Waals surface area contributed by atoms with Gasteiger partial charge in [0.2, 0.25) is 0 Å². The van der Waals surface area contributed by atoms with Gasteiger partial charge in [-0.15, -0.1) is 0 Å². The highest BCUT2D eigenvalue weighted by atomic mass is 19.1. The standard InChI is InChI=1S/C10H7F2NO2/c11-8-2-7(10(14)4-15-5-10)9(12)1-6(8)3-13/h1-2,14H,4-5H2. The van der Waals surface area contributed by atoms with Gasteiger partial charge in [0.25, 0.3) is 0 Å². The molecule has 0 bridgehead atoms. The average molecular weight is 211 g/mol. The molecule has 0 radical (unpaired) electrons. The van der Waals surface area contributed by atoms with Crippen LogP contribution in [0.15, 0.2) is 12.1 Å². The molecule has 15 heavy (non-hydrogen) atoms. The summed E-state index contributed by atoms with van der Waals surface area (Å²) in [5, 5.41) is 18.2. The summed E-state index contributed by atoms with van der Waals surface area (Å²) in [4.78, 5) is 0. The Morgan fingerprint density at radius 3 is 2.47 bits per heavy atom. The first-order valence-corrected chi connectivity index (χ1v) is 4.26. The third-order valence-electron chi connectivity index (χ3n) is 2.36. The number of benzene rings is 1. The van der Waals surface area contributed by atoms with E-state index in [4.69, 9.17) is 10.00 Å². The molecule has 1 aromatic carbocycles. The van der Waals surface area contributed by atoms with Crippen LogP contribution in [0.25, 0.3) is 0 Å². The zero-order valence-corrected chi connectivity index (χ0v) is 7.63. The molecule has 1 saturated heterocycles. The largest absolute Gasteiger partial charge is 0.380 e. The summed E-state index contributed by atoms with van der Waals surface area (Å²) < 4.78 is 31.3. The van der Waals surface area contributed by atoms with Gasteiger partial charge in [-0.05, 0) is 12.1 Å². The Morgan fingerprint density at radius 2 is 2.00 bits per heavy atom. The number of hydrogen-bond acceptors (Lipinski definition) is 3. The molecular weight excluding hydrogens is 204 g/mol. The van der Waals surface area contributed by atoms with Crippen LogP contribution in [0.2, 0.25) is 0 Å². The second kappa shape index (κ2) is 3.26. The lowest BCUT2D eigenvalue weighted by Crippen LogP contribution is -2.47. The fourth-order valence-electron chi connectivity index (χ4n) is 1.44. The molecule has 0 amide bonds. The minimum atomic E-state index is -1.46. The van der Waals surface area contributed by atoms with Crippen LogP contribution in [0, 0.1) is 23.0 Å². The van der Waals surface area contributed by atoms with E-state index < -0.39 is 17.2 Å². The predicted octanol–water partition coefficient (Wildman–Crippen LogP) is 1.05. The van der Waals surface area contributed by atoms with Crippen molar-refractivity contribution >= 4 is 0 Å². The topological polar surface area (TPSA) is 53.2 Å². The molecule has 2 rings (SSSR count). The van der Waals surface area contributed by atoms with Crippen molar-refractivity contribution in [3.05, 3.63) is 34.9 Å². The van der Waals surface area contributed by atoms with Gasteiger partial charge in [0.15, 0.2) is 0 Å². The van der Waals surface area contributed by atoms with Gasteiger partial charge < -0.3 is 9.84 Å². The Kier molecular flexibility index (Phi) is 2.18. The summed E-state index contributed by atoms with van der Waals surface area (Å²) in [7, 11) is 0. The van der Waals surface area contributed by atoms with Crippen molar-refractivity contribution in [1.82, 2.24) is 0 Å². The molecule has 0 atom stereocenters. The summed E-state index contributed by atoms with van der Waals surface area (Å²) in [5.41, 5.74) is -2.00. The minimum Gasteiger partial charge on any atom is -0.380 e. The number of nitriles is 1. The predicted molar refractivity (Wildman–Crippen MR) is 45.8 cm³/mol. The van der Waals surface area contributed by atoms with E-state index in [-0.39, 0.29) is 24.3 Å². The molecule has 3 nitrogen and oxygen atoms in total. The summed E-state index contributed by atoms with van der Waals surface area (Å²) in [6.07, 6.45) is 0. The second-order valence-corrected chi connectivity index (χ2v) is 3.45. The highest BCUT2D eigenvalue weighted by molar-refractivity contribution is 5.37. The fraction of sp³-hybridized carbons (Fsp3) is 0.300. The van der Waals surface area contributed by atoms with E-state index in [1.54, 1.807) is 0 Å². The molecule has 78 valence electrons. The maximum Gasteiger partial charge on any atom is 0.141 e. The van der Waals surface area contributed by atoms with Gasteiger partial charge in [-0.2, -0.15) is 5.26 Å². The van der Waals surface area contributed by atoms with Gasteiger partial charge in [-0.25, -0.2) is 8.78 Å². The minimum absolute atomic E-state index is 0.0603. The van der Waals surface area contributed by atoms with Crippen LogP contribution in [-0.2, 0) is 10.3 Å². The Morgan fingerprint density at radius 1 is 1.33 bits per heavy atom. The molecule has 0 unspecified atom stereocenters. The first-order chi connectivity index (χ1) is 7.07. The highest BCUT2D eigenvalue weighted by Crippen LogP contribution is 2.32. The number of aliphatic hydroxyl groups is 1. The first kappa shape index (κ1) is 10.0. The van der Waals surface area contributed by atoms with Crippen LogP contribution in [-0.4, -0.2) is 18.3 Å². The van der Waals surface area contributed by atoms with Crippen LogP contribution in [0.5, 0.6) is 0 Å². The molecule has 1 N–H and O–H groups in total. The van der Waals surface area contributed by atoms with Crippen LogP contribution in [0.1, 0.15) is 11.1 Å². The lowest BCUT2D eigenvalue weighted by Gasteiger charge is -2.36. The number of rotatable bonds is 1. The number of halogens is 2. The third kappa shape index (κ3) is 1.48. The molecule has 1 aromatic rings. The number of ether oxygens (including phenoxy) is 1. The maximum atomic E-state index is 13.4. The van der Waals surface area contributed by atoms with Gasteiger partial charge in [0.1, 0.15) is 23.3 Å². The molecule has 0 aromatic heterocycles. The van der Waals surface area contributed by atoms with Crippen molar-refractivity contribution in [3.63, 3.8) is 0 Å². The zero-order chi connectivity index (χ0) is 11.1. The van der Waals surface area contributed by atoms with Crippen LogP contribution in [0.3, 0.4) is 0 Å². The third-order valence-corrected chi connectivity index (χ3v) is 2.36. The molecule has 1 aliphatic heterocycles. The van der Waals surface area contributed by atoms with Crippen molar-refractivity contribution in [3.8, 4) is 6.07 Å². The number of hydrogen-bond donors (Lipinski definition) is 1. The van der Waals surface area contributed by atoms with Crippen LogP contribution in [0.4, 0.5) is 8.78 Å². The first-order valence-electron chi connectivity index (χ1n) is 4.26. The quantitative estimate of drug-likeness (QED) is 0.755. The second-order valence-electron chi connectivity index (χ2n) is 3.45. The highest BCUT2D eigenvalue weighted by Gasteiger charge is 2.40. The van der Waals surface area contributed by atoms with Crippen molar-refractivity contribution < 1.29 is 18.6 Å². The van der Waals surface area contributed by atoms with E-state index in [1.807, 2.05) is 0 Å². The normalized spacial score (nSPS) is 18.0. The molecular formula is C10H7F2NO2. The van der Waals surface area contributed by atoms with E-state index in [2.05, 4.69) is 0 Å². The fourth-order valence-corrected chi connectivity index (χ4v) is 1.44. The SMILES string of the molecule is N#Cc1cc(F)c(C2(O)COC2)cc1F. The maximum absolute atomic E-state index is 13.4. The lowest BCUT2D eigenvalue weighted by molar-refractivity contribution is -0.186. The summed E-state index contributed by atoms with van der Waals surface area (Å²) in [6, 6.07) is 3.15. The van der Waals surface area contributed by atoms with Gasteiger partial charge in [-0.3, -0.25) is 0 Å². The van der Waals surface area contributed by atoms with E-state index in [0.29, 0.717) is 0 Å². The molecule has 1 fully saturated rings. The van der Waals surface area contributed by atoms with Gasteiger partial charge in [0.05, 0.1) is 18.8 Å². The van der Waals surface area contributed by atoms with Crippen molar-refractivity contribution in [2.45, 2.75) is 5.60 Å². The van der Waals surface area contributed by atoms with Crippen LogP contribution >= 0.6 is 0 Å². The lowest BCUT2D eigenvalue weighted by atomic mass is 9.91. The van der Waals surface area contributed by atoms with E-state index in [9.17, 15) is 13.9 Å². The Bertz CT molecular complexity index is 449. The van der Waals surface area contributed by atoms with E-state index in [1.165, 1.54) is 6.07 Å². The molecule has 5 heteroatoms. The van der Waals surface area contributed by atoms with Crippen molar-refractivity contribution in [2.24, 2.45) is 0 Å². The summed E-state index contributed by atoms with van der Waals surface area (Å²) >= 11 is 0. The molecule has 0 aliphatic carbocycles. The monoisotopic (exact) mass is 211 g/mol. The Hall–Kier alpha value is -1.51. The van der Waals surface area contributed by atoms with Crippen molar-refractivity contribution in [2.75, 3.05) is 13.2 Å². The summed E-state index contributed by atoms with van der Waals surface area (Å²) in [5.74, 6) is -1.63. The van der Waals surface area contributed by atoms with Crippen LogP contribution < -0.4 is 0 Å². The molecule has 0 spiro atoms. The Balaban J connectivity index is 2.50. The molecule has 0 saturated carbocycles. The van der Waals surface area contributed by atoms with Gasteiger partial charge in [0, 0.05) is 5.56 Å². The number of nitrogens with zero attached hydrogens (tertiary/aromatic N) is 1. The zero-order valence-electron chi connectivity index (χ0n) is 7.63. The van der Waals surface area contributed by atoms with E-state index in [0.717, 1.165) is 12.1 Å². The van der Waals surface area contributed by atoms with Gasteiger partial charge >= 0.3 is 0 Å². The average Bonchev–Trinajstić information content (AvgIpc) is 2.17. The smallest absolute Gasteiger partial charge is 0.141 e. The molecule has 1 heterocycles. The Labute approximate surface area is 84.5 Å². The van der Waals surface area contributed by atoms with Crippen molar-refractivity contribution in [1.29, 1.82) is 5.26 Å². The summed E-state index contributed by atoms with van der Waals surface area (Å²) in [6.45, 7) is -0.121. The van der Waals surface area contributed by atoms with E-state index >= 15 is 0 Å². The van der Waals surface area contributed by atoms with Gasteiger partial charge in [-0.1, -0.05) is 0 Å². The molecule has 1 aliphatic rings.